The van der Waals surface area contributed by atoms with Crippen LogP contribution in [0.1, 0.15) is 5.56 Å². The van der Waals surface area contributed by atoms with Gasteiger partial charge in [-0.05, 0) is 22.9 Å². The minimum absolute atomic E-state index is 0.0410. The van der Waals surface area contributed by atoms with Crippen molar-refractivity contribution in [2.75, 3.05) is 0 Å². The van der Waals surface area contributed by atoms with E-state index in [1.54, 1.807) is 35.9 Å². The minimum atomic E-state index is -0.338. The van der Waals surface area contributed by atoms with Crippen LogP contribution in [0.2, 0.25) is 0 Å². The van der Waals surface area contributed by atoms with Gasteiger partial charge in [0.1, 0.15) is 6.54 Å². The van der Waals surface area contributed by atoms with E-state index in [2.05, 4.69) is 10.5 Å². The number of hydrogen-bond acceptors (Lipinski definition) is 4. The number of pyridine rings is 1. The molecule has 0 aliphatic heterocycles. The first kappa shape index (κ1) is 12.3. The Morgan fingerprint density at radius 1 is 1.44 bits per heavy atom. The van der Waals surface area contributed by atoms with Gasteiger partial charge in [-0.15, -0.1) is 0 Å². The molecule has 0 unspecified atom stereocenters. The van der Waals surface area contributed by atoms with Gasteiger partial charge in [-0.3, -0.25) is 9.59 Å². The van der Waals surface area contributed by atoms with Gasteiger partial charge in [0.25, 0.3) is 11.5 Å². The summed E-state index contributed by atoms with van der Waals surface area (Å²) in [6.45, 7) is -0.0410. The van der Waals surface area contributed by atoms with Gasteiger partial charge in [-0.25, -0.2) is 5.43 Å². The van der Waals surface area contributed by atoms with Gasteiger partial charge >= 0.3 is 0 Å². The first-order valence-electron chi connectivity index (χ1n) is 5.25. The number of carbonyl (C=O) groups is 1. The van der Waals surface area contributed by atoms with Gasteiger partial charge in [-0.1, -0.05) is 6.07 Å². The van der Waals surface area contributed by atoms with Crippen LogP contribution < -0.4 is 11.0 Å². The van der Waals surface area contributed by atoms with E-state index < -0.39 is 0 Å². The topological polar surface area (TPSA) is 63.5 Å². The van der Waals surface area contributed by atoms with Crippen molar-refractivity contribution in [2.24, 2.45) is 5.10 Å². The molecule has 1 amide bonds. The number of hydrogen-bond donors (Lipinski definition) is 1. The summed E-state index contributed by atoms with van der Waals surface area (Å²) >= 11 is 1.55. The highest BCUT2D eigenvalue weighted by Crippen LogP contribution is 2.01. The van der Waals surface area contributed by atoms with Gasteiger partial charge < -0.3 is 4.57 Å². The van der Waals surface area contributed by atoms with Gasteiger partial charge in [0.2, 0.25) is 0 Å². The van der Waals surface area contributed by atoms with E-state index >= 15 is 0 Å². The van der Waals surface area contributed by atoms with E-state index in [0.717, 1.165) is 5.56 Å². The van der Waals surface area contributed by atoms with Gasteiger partial charge in [0.05, 0.1) is 6.21 Å². The third-order valence-electron chi connectivity index (χ3n) is 2.16. The third-order valence-corrected chi connectivity index (χ3v) is 2.86. The van der Waals surface area contributed by atoms with Crippen molar-refractivity contribution in [2.45, 2.75) is 6.54 Å². The molecule has 2 aromatic heterocycles. The Morgan fingerprint density at radius 2 is 2.33 bits per heavy atom. The maximum atomic E-state index is 11.5. The first-order chi connectivity index (χ1) is 8.75. The number of nitrogens with zero attached hydrogens (tertiary/aromatic N) is 2. The minimum Gasteiger partial charge on any atom is -0.306 e. The first-order valence-corrected chi connectivity index (χ1v) is 6.19. The average Bonchev–Trinajstić information content (AvgIpc) is 2.85. The van der Waals surface area contributed by atoms with Crippen molar-refractivity contribution in [3.05, 3.63) is 57.1 Å². The number of hydrazone groups is 1. The summed E-state index contributed by atoms with van der Waals surface area (Å²) in [4.78, 5) is 22.9. The normalized spacial score (nSPS) is 10.7. The molecule has 0 aliphatic carbocycles. The van der Waals surface area contributed by atoms with Gasteiger partial charge in [0.15, 0.2) is 0 Å². The molecule has 0 aromatic carbocycles. The molecule has 0 spiro atoms. The molecule has 0 fully saturated rings. The van der Waals surface area contributed by atoms with E-state index in [1.807, 2.05) is 16.8 Å². The largest absolute Gasteiger partial charge is 0.306 e. The smallest absolute Gasteiger partial charge is 0.260 e. The van der Waals surface area contributed by atoms with Crippen LogP contribution in [0.4, 0.5) is 0 Å². The van der Waals surface area contributed by atoms with Gasteiger partial charge in [0, 0.05) is 17.8 Å². The van der Waals surface area contributed by atoms with Crippen molar-refractivity contribution < 1.29 is 4.79 Å². The fourth-order valence-corrected chi connectivity index (χ4v) is 1.92. The zero-order chi connectivity index (χ0) is 12.8. The van der Waals surface area contributed by atoms with Crippen molar-refractivity contribution in [1.29, 1.82) is 0 Å². The quantitative estimate of drug-likeness (QED) is 0.660. The van der Waals surface area contributed by atoms with Crippen molar-refractivity contribution in [1.82, 2.24) is 9.99 Å². The Hall–Kier alpha value is -2.21. The Bertz CT molecular complexity index is 602. The molecular weight excluding hydrogens is 250 g/mol. The summed E-state index contributed by atoms with van der Waals surface area (Å²) in [6, 6.07) is 6.62. The molecule has 0 bridgehead atoms. The highest BCUT2D eigenvalue weighted by molar-refractivity contribution is 7.08. The van der Waals surface area contributed by atoms with Crippen LogP contribution in [-0.4, -0.2) is 16.7 Å². The second-order valence-corrected chi connectivity index (χ2v) is 4.30. The molecule has 92 valence electrons. The van der Waals surface area contributed by atoms with Crippen LogP contribution in [-0.2, 0) is 11.3 Å². The Balaban J connectivity index is 1.90. The lowest BCUT2D eigenvalue weighted by molar-refractivity contribution is -0.121. The van der Waals surface area contributed by atoms with E-state index in [1.165, 1.54) is 10.6 Å². The molecular formula is C12H11N3O2S. The molecule has 0 saturated heterocycles. The van der Waals surface area contributed by atoms with Crippen molar-refractivity contribution >= 4 is 23.5 Å². The van der Waals surface area contributed by atoms with E-state index in [-0.39, 0.29) is 18.0 Å². The lowest BCUT2D eigenvalue weighted by Crippen LogP contribution is -2.28. The summed E-state index contributed by atoms with van der Waals surface area (Å²) in [5, 5.41) is 7.64. The monoisotopic (exact) mass is 261 g/mol. The lowest BCUT2D eigenvalue weighted by Gasteiger charge is -2.02. The van der Waals surface area contributed by atoms with E-state index in [9.17, 15) is 9.59 Å². The van der Waals surface area contributed by atoms with Crippen LogP contribution >= 0.6 is 11.3 Å². The standard InChI is InChI=1S/C12H11N3O2S/c16-11(8-15-5-2-1-3-12(15)17)14-13-7-10-4-6-18-9-10/h1-7,9H,8H2,(H,14,16)/b13-7-. The molecule has 0 atom stereocenters. The van der Waals surface area contributed by atoms with Crippen molar-refractivity contribution in [3.8, 4) is 0 Å². The number of thiophene rings is 1. The maximum absolute atomic E-state index is 11.5. The average molecular weight is 261 g/mol. The lowest BCUT2D eigenvalue weighted by atomic mass is 10.4. The third kappa shape index (κ3) is 3.39. The summed E-state index contributed by atoms with van der Waals surface area (Å²) in [6.07, 6.45) is 3.12. The Kier molecular flexibility index (Phi) is 4.03. The summed E-state index contributed by atoms with van der Waals surface area (Å²) in [5.41, 5.74) is 3.09. The number of aromatic nitrogens is 1. The van der Waals surface area contributed by atoms with Crippen molar-refractivity contribution in [3.63, 3.8) is 0 Å². The summed E-state index contributed by atoms with van der Waals surface area (Å²) in [7, 11) is 0. The Morgan fingerprint density at radius 3 is 3.06 bits per heavy atom. The second-order valence-electron chi connectivity index (χ2n) is 3.52. The number of carbonyl (C=O) groups excluding carboxylic acids is 1. The van der Waals surface area contributed by atoms with Crippen LogP contribution in [0.25, 0.3) is 0 Å². The highest BCUT2D eigenvalue weighted by Gasteiger charge is 2.01. The molecule has 0 saturated carbocycles. The van der Waals surface area contributed by atoms with Crippen LogP contribution in [0.5, 0.6) is 0 Å². The van der Waals surface area contributed by atoms with E-state index in [0.29, 0.717) is 0 Å². The summed E-state index contributed by atoms with van der Waals surface area (Å²) < 4.78 is 1.31. The predicted molar refractivity (Wildman–Crippen MR) is 70.8 cm³/mol. The predicted octanol–water partition coefficient (Wildman–Crippen LogP) is 1.06. The molecule has 2 heterocycles. The van der Waals surface area contributed by atoms with Crippen LogP contribution in [0.3, 0.4) is 0 Å². The number of rotatable bonds is 4. The van der Waals surface area contributed by atoms with E-state index in [4.69, 9.17) is 0 Å². The molecule has 18 heavy (non-hydrogen) atoms. The maximum Gasteiger partial charge on any atom is 0.260 e. The molecule has 0 radical (unpaired) electrons. The highest BCUT2D eigenvalue weighted by atomic mass is 32.1. The molecule has 2 aromatic rings. The fourth-order valence-electron chi connectivity index (χ4n) is 1.31. The zero-order valence-corrected chi connectivity index (χ0v) is 10.3. The molecule has 6 heteroatoms. The second kappa shape index (κ2) is 5.92. The molecule has 0 aliphatic rings. The Labute approximate surface area is 107 Å². The molecule has 2 rings (SSSR count). The zero-order valence-electron chi connectivity index (χ0n) is 9.45. The number of amides is 1. The van der Waals surface area contributed by atoms with Crippen LogP contribution in [0.15, 0.2) is 51.1 Å². The van der Waals surface area contributed by atoms with Crippen LogP contribution in [0, 0.1) is 0 Å². The number of nitrogens with one attached hydrogen (secondary N) is 1. The molecule has 5 nitrogen and oxygen atoms in total. The SMILES string of the molecule is O=C(Cn1ccccc1=O)N/N=C\c1ccsc1. The fraction of sp³-hybridized carbons (Fsp3) is 0.0833. The van der Waals surface area contributed by atoms with Gasteiger partial charge in [-0.2, -0.15) is 16.4 Å². The molecule has 1 N–H and O–H groups in total. The summed E-state index contributed by atoms with van der Waals surface area (Å²) in [5.74, 6) is -0.338.